The second-order valence-corrected chi connectivity index (χ2v) is 4.33. The highest BCUT2D eigenvalue weighted by molar-refractivity contribution is 4.76. The Morgan fingerprint density at radius 2 is 1.69 bits per heavy atom. The molecule has 0 radical (unpaired) electrons. The van der Waals surface area contributed by atoms with Gasteiger partial charge in [-0.2, -0.15) is 0 Å². The molecule has 0 aliphatic rings. The lowest BCUT2D eigenvalue weighted by molar-refractivity contribution is 0.0665. The van der Waals surface area contributed by atoms with Crippen LogP contribution >= 0.6 is 0 Å². The van der Waals surface area contributed by atoms with Gasteiger partial charge in [0.05, 0.1) is 6.61 Å². The molecule has 0 bridgehead atoms. The minimum Gasteiger partial charge on any atom is -0.395 e. The standard InChI is InChI=1S/C11H25NO/c1-6-7-12(10(4)5)11(8-13)9(2)3/h9-11,13H,6-8H2,1-5H3. The van der Waals surface area contributed by atoms with Crippen LogP contribution in [-0.2, 0) is 0 Å². The summed E-state index contributed by atoms with van der Waals surface area (Å²) in [5.74, 6) is 0.527. The SMILES string of the molecule is CCCN(C(C)C)C(CO)C(C)C. The Balaban J connectivity index is 4.29. The monoisotopic (exact) mass is 187 g/mol. The van der Waals surface area contributed by atoms with Crippen LogP contribution in [0.5, 0.6) is 0 Å². The lowest BCUT2D eigenvalue weighted by atomic mass is 10.0. The van der Waals surface area contributed by atoms with Crippen molar-refractivity contribution in [2.75, 3.05) is 13.2 Å². The van der Waals surface area contributed by atoms with Gasteiger partial charge in [-0.1, -0.05) is 20.8 Å². The predicted molar refractivity (Wildman–Crippen MR) is 57.8 cm³/mol. The number of hydrogen-bond acceptors (Lipinski definition) is 2. The zero-order chi connectivity index (χ0) is 10.4. The molecule has 0 saturated heterocycles. The number of nitrogens with zero attached hydrogens (tertiary/aromatic N) is 1. The van der Waals surface area contributed by atoms with Crippen LogP contribution in [0.4, 0.5) is 0 Å². The summed E-state index contributed by atoms with van der Waals surface area (Å²) in [6.45, 7) is 12.3. The molecule has 0 saturated carbocycles. The van der Waals surface area contributed by atoms with Crippen molar-refractivity contribution in [3.8, 4) is 0 Å². The number of hydrogen-bond donors (Lipinski definition) is 1. The highest BCUT2D eigenvalue weighted by atomic mass is 16.3. The summed E-state index contributed by atoms with van der Waals surface area (Å²) >= 11 is 0. The first-order chi connectivity index (χ1) is 6.04. The van der Waals surface area contributed by atoms with Crippen LogP contribution in [0, 0.1) is 5.92 Å². The van der Waals surface area contributed by atoms with Crippen molar-refractivity contribution in [3.63, 3.8) is 0 Å². The van der Waals surface area contributed by atoms with Crippen LogP contribution in [0.2, 0.25) is 0 Å². The van der Waals surface area contributed by atoms with E-state index in [9.17, 15) is 5.11 Å². The van der Waals surface area contributed by atoms with E-state index in [1.54, 1.807) is 0 Å². The minimum absolute atomic E-state index is 0.274. The third-order valence-electron chi connectivity index (χ3n) is 2.53. The fraction of sp³-hybridized carbons (Fsp3) is 1.00. The minimum atomic E-state index is 0.274. The molecule has 0 amide bonds. The van der Waals surface area contributed by atoms with Crippen LogP contribution in [0.15, 0.2) is 0 Å². The molecule has 0 rings (SSSR count). The van der Waals surface area contributed by atoms with Crippen LogP contribution in [-0.4, -0.2) is 35.2 Å². The summed E-state index contributed by atoms with van der Waals surface area (Å²) < 4.78 is 0. The van der Waals surface area contributed by atoms with E-state index in [4.69, 9.17) is 0 Å². The van der Waals surface area contributed by atoms with Gasteiger partial charge in [0.15, 0.2) is 0 Å². The first-order valence-electron chi connectivity index (χ1n) is 5.41. The Morgan fingerprint density at radius 3 is 1.92 bits per heavy atom. The highest BCUT2D eigenvalue weighted by Gasteiger charge is 2.22. The largest absolute Gasteiger partial charge is 0.395 e. The summed E-state index contributed by atoms with van der Waals surface area (Å²) in [6.07, 6.45) is 1.15. The second kappa shape index (κ2) is 6.39. The molecular formula is C11H25NO. The van der Waals surface area contributed by atoms with E-state index in [1.165, 1.54) is 0 Å². The summed E-state index contributed by atoms with van der Waals surface area (Å²) in [5.41, 5.74) is 0. The third kappa shape index (κ3) is 4.10. The van der Waals surface area contributed by atoms with Gasteiger partial charge in [-0.25, -0.2) is 0 Å². The molecule has 0 fully saturated rings. The fourth-order valence-electron chi connectivity index (χ4n) is 1.76. The maximum Gasteiger partial charge on any atom is 0.0589 e. The molecule has 0 spiro atoms. The molecule has 0 heterocycles. The first-order valence-corrected chi connectivity index (χ1v) is 5.41. The summed E-state index contributed by atoms with van der Waals surface area (Å²) in [5, 5.41) is 9.30. The van der Waals surface area contributed by atoms with Gasteiger partial charge in [0, 0.05) is 12.1 Å². The molecule has 1 atom stereocenters. The molecular weight excluding hydrogens is 162 g/mol. The van der Waals surface area contributed by atoms with E-state index >= 15 is 0 Å². The van der Waals surface area contributed by atoms with Crippen molar-refractivity contribution in [2.45, 2.75) is 53.1 Å². The zero-order valence-electron chi connectivity index (χ0n) is 9.75. The third-order valence-corrected chi connectivity index (χ3v) is 2.53. The first kappa shape index (κ1) is 12.9. The molecule has 0 aliphatic heterocycles. The molecule has 1 N–H and O–H groups in total. The Morgan fingerprint density at radius 1 is 1.15 bits per heavy atom. The van der Waals surface area contributed by atoms with Crippen LogP contribution in [0.1, 0.15) is 41.0 Å². The maximum atomic E-state index is 9.30. The average Bonchev–Trinajstić information content (AvgIpc) is 2.03. The van der Waals surface area contributed by atoms with E-state index in [2.05, 4.69) is 39.5 Å². The second-order valence-electron chi connectivity index (χ2n) is 4.33. The van der Waals surface area contributed by atoms with Gasteiger partial charge in [-0.05, 0) is 32.7 Å². The van der Waals surface area contributed by atoms with Crippen molar-refractivity contribution in [1.82, 2.24) is 4.90 Å². The van der Waals surface area contributed by atoms with Crippen LogP contribution in [0.3, 0.4) is 0 Å². The fourth-order valence-corrected chi connectivity index (χ4v) is 1.76. The van der Waals surface area contributed by atoms with Gasteiger partial charge >= 0.3 is 0 Å². The summed E-state index contributed by atoms with van der Waals surface area (Å²) in [4.78, 5) is 2.39. The van der Waals surface area contributed by atoms with E-state index in [0.29, 0.717) is 18.0 Å². The van der Waals surface area contributed by atoms with E-state index in [0.717, 1.165) is 13.0 Å². The van der Waals surface area contributed by atoms with Crippen molar-refractivity contribution in [3.05, 3.63) is 0 Å². The molecule has 2 nitrogen and oxygen atoms in total. The molecule has 2 heteroatoms. The van der Waals surface area contributed by atoms with Crippen molar-refractivity contribution in [1.29, 1.82) is 0 Å². The van der Waals surface area contributed by atoms with Gasteiger partial charge in [-0.15, -0.1) is 0 Å². The highest BCUT2D eigenvalue weighted by Crippen LogP contribution is 2.14. The van der Waals surface area contributed by atoms with E-state index < -0.39 is 0 Å². The van der Waals surface area contributed by atoms with Crippen molar-refractivity contribution < 1.29 is 5.11 Å². The van der Waals surface area contributed by atoms with Gasteiger partial charge in [0.1, 0.15) is 0 Å². The quantitative estimate of drug-likeness (QED) is 0.688. The van der Waals surface area contributed by atoms with Gasteiger partial charge in [0.2, 0.25) is 0 Å². The number of aliphatic hydroxyl groups excluding tert-OH is 1. The molecule has 0 aromatic rings. The Bertz CT molecular complexity index is 123. The van der Waals surface area contributed by atoms with Crippen LogP contribution < -0.4 is 0 Å². The topological polar surface area (TPSA) is 23.5 Å². The number of aliphatic hydroxyl groups is 1. The van der Waals surface area contributed by atoms with Gasteiger partial charge in [0.25, 0.3) is 0 Å². The Hall–Kier alpha value is -0.0800. The van der Waals surface area contributed by atoms with E-state index in [-0.39, 0.29) is 6.61 Å². The molecule has 0 aromatic heterocycles. The van der Waals surface area contributed by atoms with Crippen molar-refractivity contribution in [2.24, 2.45) is 5.92 Å². The predicted octanol–water partition coefficient (Wildman–Crippen LogP) is 2.12. The lowest BCUT2D eigenvalue weighted by Crippen LogP contribution is -2.46. The Kier molecular flexibility index (Phi) is 6.35. The number of rotatable bonds is 6. The van der Waals surface area contributed by atoms with E-state index in [1.807, 2.05) is 0 Å². The summed E-state index contributed by atoms with van der Waals surface area (Å²) in [7, 11) is 0. The Labute approximate surface area is 82.9 Å². The normalized spacial score (nSPS) is 14.5. The summed E-state index contributed by atoms with van der Waals surface area (Å²) in [6, 6.07) is 0.847. The van der Waals surface area contributed by atoms with Gasteiger partial charge in [-0.3, -0.25) is 4.90 Å². The molecule has 13 heavy (non-hydrogen) atoms. The molecule has 0 aliphatic carbocycles. The smallest absolute Gasteiger partial charge is 0.0589 e. The lowest BCUT2D eigenvalue weighted by Gasteiger charge is -2.36. The maximum absolute atomic E-state index is 9.30. The zero-order valence-corrected chi connectivity index (χ0v) is 9.75. The average molecular weight is 187 g/mol. The van der Waals surface area contributed by atoms with Gasteiger partial charge < -0.3 is 5.11 Å². The molecule has 1 unspecified atom stereocenters. The van der Waals surface area contributed by atoms with Crippen LogP contribution in [0.25, 0.3) is 0 Å². The molecule has 0 aromatic carbocycles. The molecule has 80 valence electrons. The van der Waals surface area contributed by atoms with Crippen molar-refractivity contribution >= 4 is 0 Å².